The number of ether oxygens (including phenoxy) is 1. The van der Waals surface area contributed by atoms with Gasteiger partial charge in [0.1, 0.15) is 0 Å². The van der Waals surface area contributed by atoms with Crippen LogP contribution < -0.4 is 5.32 Å². The van der Waals surface area contributed by atoms with Gasteiger partial charge in [0.25, 0.3) is 0 Å². The van der Waals surface area contributed by atoms with E-state index in [2.05, 4.69) is 45.1 Å². The molecule has 4 rings (SSSR count). The number of nitriles is 1. The third-order valence-corrected chi connectivity index (χ3v) is 8.04. The fraction of sp³-hybridized carbons (Fsp3) is 0.452. The first-order valence-corrected chi connectivity index (χ1v) is 13.1. The average molecular weight is 495 g/mol. The summed E-state index contributed by atoms with van der Waals surface area (Å²) in [6.07, 6.45) is 5.02. The molecular formula is C31H34N4O2. The van der Waals surface area contributed by atoms with Crippen molar-refractivity contribution < 1.29 is 9.53 Å². The highest BCUT2D eigenvalue weighted by atomic mass is 16.5. The number of rotatable bonds is 6. The molecular weight excluding hydrogens is 460 g/mol. The maximum atomic E-state index is 12.1. The van der Waals surface area contributed by atoms with Gasteiger partial charge < -0.3 is 15.0 Å². The number of methoxy groups -OCH3 is 1. The van der Waals surface area contributed by atoms with Crippen LogP contribution in [0.5, 0.6) is 0 Å². The summed E-state index contributed by atoms with van der Waals surface area (Å²) in [5.41, 5.74) is 1.98. The van der Waals surface area contributed by atoms with Gasteiger partial charge >= 0.3 is 6.09 Å². The number of carbonyl (C=O) groups excluding carboxylic acids is 1. The van der Waals surface area contributed by atoms with E-state index in [4.69, 9.17) is 11.3 Å². The SMILES string of the molecule is [C-]#[N+]c1ccc(C#CCCN2CCC(C(C#N)(c3ccccc3)[C@H]3CCC[C@@H]3NC(=O)OC)CC2)cc1. The fourth-order valence-electron chi connectivity index (χ4n) is 6.20. The van der Waals surface area contributed by atoms with Crippen LogP contribution in [-0.2, 0) is 10.2 Å². The average Bonchev–Trinajstić information content (AvgIpc) is 3.41. The molecule has 37 heavy (non-hydrogen) atoms. The molecule has 6 nitrogen and oxygen atoms in total. The zero-order valence-electron chi connectivity index (χ0n) is 21.5. The Balaban J connectivity index is 1.44. The molecule has 2 aliphatic rings. The minimum atomic E-state index is -0.646. The highest BCUT2D eigenvalue weighted by Gasteiger charge is 2.52. The predicted octanol–water partition coefficient (Wildman–Crippen LogP) is 5.68. The number of piperidine rings is 1. The number of alkyl carbamates (subject to hydrolysis) is 1. The molecule has 3 atom stereocenters. The van der Waals surface area contributed by atoms with E-state index in [1.165, 1.54) is 7.11 Å². The molecule has 0 radical (unpaired) electrons. The number of benzene rings is 2. The van der Waals surface area contributed by atoms with Crippen LogP contribution in [-0.4, -0.2) is 43.8 Å². The Morgan fingerprint density at radius 1 is 1.14 bits per heavy atom. The zero-order chi connectivity index (χ0) is 26.1. The monoisotopic (exact) mass is 494 g/mol. The van der Waals surface area contributed by atoms with E-state index >= 15 is 0 Å². The van der Waals surface area contributed by atoms with E-state index in [0.717, 1.165) is 69.3 Å². The maximum Gasteiger partial charge on any atom is 0.407 e. The second kappa shape index (κ2) is 12.4. The summed E-state index contributed by atoms with van der Waals surface area (Å²) in [6, 6.07) is 20.3. The zero-order valence-corrected chi connectivity index (χ0v) is 21.5. The smallest absolute Gasteiger partial charge is 0.407 e. The van der Waals surface area contributed by atoms with Crippen LogP contribution in [0.3, 0.4) is 0 Å². The molecule has 190 valence electrons. The summed E-state index contributed by atoms with van der Waals surface area (Å²) in [5.74, 6) is 6.73. The van der Waals surface area contributed by atoms with Gasteiger partial charge in [0.15, 0.2) is 5.69 Å². The van der Waals surface area contributed by atoms with Crippen molar-refractivity contribution in [2.45, 2.75) is 50.0 Å². The Kier molecular flexibility index (Phi) is 8.84. The summed E-state index contributed by atoms with van der Waals surface area (Å²) in [7, 11) is 1.39. The van der Waals surface area contributed by atoms with Crippen molar-refractivity contribution in [1.29, 1.82) is 5.26 Å². The van der Waals surface area contributed by atoms with Crippen LogP contribution in [0.4, 0.5) is 10.5 Å². The van der Waals surface area contributed by atoms with Crippen molar-refractivity contribution >= 4 is 11.8 Å². The molecule has 2 aromatic carbocycles. The molecule has 1 heterocycles. The molecule has 6 heteroatoms. The summed E-state index contributed by atoms with van der Waals surface area (Å²) in [4.78, 5) is 17.9. The molecule has 0 bridgehead atoms. The number of hydrogen-bond donors (Lipinski definition) is 1. The Morgan fingerprint density at radius 2 is 1.86 bits per heavy atom. The van der Waals surface area contributed by atoms with Gasteiger partial charge in [-0.05, 0) is 50.3 Å². The first-order chi connectivity index (χ1) is 18.1. The normalized spacial score (nSPS) is 21.5. The molecule has 1 aliphatic carbocycles. The van der Waals surface area contributed by atoms with Crippen molar-refractivity contribution in [3.8, 4) is 17.9 Å². The Morgan fingerprint density at radius 3 is 2.51 bits per heavy atom. The van der Waals surface area contributed by atoms with Crippen molar-refractivity contribution in [3.63, 3.8) is 0 Å². The molecule has 0 aromatic heterocycles. The third kappa shape index (κ3) is 5.96. The lowest BCUT2D eigenvalue weighted by atomic mass is 9.59. The number of carbonyl (C=O) groups is 1. The summed E-state index contributed by atoms with van der Waals surface area (Å²) in [5, 5.41) is 13.8. The van der Waals surface area contributed by atoms with Crippen molar-refractivity contribution in [2.24, 2.45) is 11.8 Å². The van der Waals surface area contributed by atoms with Crippen LogP contribution in [0.25, 0.3) is 4.85 Å². The van der Waals surface area contributed by atoms with E-state index in [1.807, 2.05) is 30.3 Å². The molecule has 2 fully saturated rings. The van der Waals surface area contributed by atoms with Crippen LogP contribution in [0, 0.1) is 41.6 Å². The van der Waals surface area contributed by atoms with Gasteiger partial charge in [-0.3, -0.25) is 0 Å². The van der Waals surface area contributed by atoms with Crippen LogP contribution in [0.1, 0.15) is 49.7 Å². The molecule has 1 N–H and O–H groups in total. The summed E-state index contributed by atoms with van der Waals surface area (Å²) in [6.45, 7) is 9.82. The van der Waals surface area contributed by atoms with E-state index in [0.29, 0.717) is 5.69 Å². The number of nitrogens with one attached hydrogen (secondary N) is 1. The maximum absolute atomic E-state index is 12.1. The number of nitrogens with zero attached hydrogens (tertiary/aromatic N) is 3. The van der Waals surface area contributed by atoms with E-state index in [1.54, 1.807) is 12.1 Å². The molecule has 1 saturated heterocycles. The van der Waals surface area contributed by atoms with Gasteiger partial charge in [0.2, 0.25) is 0 Å². The fourth-order valence-corrected chi connectivity index (χ4v) is 6.20. The van der Waals surface area contributed by atoms with Gasteiger partial charge in [-0.25, -0.2) is 9.64 Å². The van der Waals surface area contributed by atoms with Gasteiger partial charge in [-0.2, -0.15) is 5.26 Å². The molecule has 1 amide bonds. The van der Waals surface area contributed by atoms with Crippen molar-refractivity contribution in [1.82, 2.24) is 10.2 Å². The van der Waals surface area contributed by atoms with Gasteiger partial charge in [-0.1, -0.05) is 72.9 Å². The van der Waals surface area contributed by atoms with E-state index in [-0.39, 0.29) is 17.9 Å². The van der Waals surface area contributed by atoms with Crippen LogP contribution in [0.2, 0.25) is 0 Å². The predicted molar refractivity (Wildman–Crippen MR) is 144 cm³/mol. The lowest BCUT2D eigenvalue weighted by Crippen LogP contribution is -2.52. The van der Waals surface area contributed by atoms with Crippen molar-refractivity contribution in [3.05, 3.63) is 77.1 Å². The van der Waals surface area contributed by atoms with Gasteiger partial charge in [-0.15, -0.1) is 0 Å². The minimum Gasteiger partial charge on any atom is -0.453 e. The molecule has 0 spiro atoms. The van der Waals surface area contributed by atoms with Gasteiger partial charge in [0.05, 0.1) is 25.2 Å². The van der Waals surface area contributed by atoms with Crippen LogP contribution >= 0.6 is 0 Å². The number of likely N-dealkylation sites (tertiary alicyclic amines) is 1. The molecule has 1 unspecified atom stereocenters. The quantitative estimate of drug-likeness (QED) is 0.415. The lowest BCUT2D eigenvalue weighted by Gasteiger charge is -2.46. The van der Waals surface area contributed by atoms with Crippen molar-refractivity contribution in [2.75, 3.05) is 26.7 Å². The topological polar surface area (TPSA) is 69.7 Å². The second-order valence-electron chi connectivity index (χ2n) is 9.95. The largest absolute Gasteiger partial charge is 0.453 e. The highest BCUT2D eigenvalue weighted by molar-refractivity contribution is 5.67. The van der Waals surface area contributed by atoms with Gasteiger partial charge in [0, 0.05) is 30.5 Å². The number of amides is 1. The Hall–Kier alpha value is -3.79. The van der Waals surface area contributed by atoms with Crippen LogP contribution in [0.15, 0.2) is 54.6 Å². The molecule has 1 aliphatic heterocycles. The Bertz CT molecular complexity index is 1190. The highest BCUT2D eigenvalue weighted by Crippen LogP contribution is 2.50. The summed E-state index contributed by atoms with van der Waals surface area (Å²) >= 11 is 0. The third-order valence-electron chi connectivity index (χ3n) is 8.04. The van der Waals surface area contributed by atoms with E-state index in [9.17, 15) is 10.1 Å². The Labute approximate surface area is 220 Å². The minimum absolute atomic E-state index is 0.0515. The standard InChI is InChI=1S/C31H34N4O2/c1-33-27-16-14-24(15-17-27)9-6-7-20-35-21-18-26(19-22-35)31(23-32,25-10-4-3-5-11-25)28-12-8-13-29(28)34-30(36)37-2/h3-5,10-11,14-17,26,28-29H,7-8,12-13,18-22H2,2H3,(H,34,36)/t28-,29-,31?/m0/s1. The summed E-state index contributed by atoms with van der Waals surface area (Å²) < 4.78 is 4.90. The number of hydrogen-bond acceptors (Lipinski definition) is 4. The second-order valence-corrected chi connectivity index (χ2v) is 9.95. The first-order valence-electron chi connectivity index (χ1n) is 13.1. The first kappa shape index (κ1) is 26.3. The molecule has 2 aromatic rings. The van der Waals surface area contributed by atoms with E-state index < -0.39 is 11.5 Å². The lowest BCUT2D eigenvalue weighted by molar-refractivity contribution is 0.107. The molecule has 1 saturated carbocycles.